The predicted octanol–water partition coefficient (Wildman–Crippen LogP) is 2.40. The number of hydrogen-bond donors (Lipinski definition) is 2. The Morgan fingerprint density at radius 3 is 2.76 bits per heavy atom. The second-order valence-corrected chi connectivity index (χ2v) is 8.30. The Balaban J connectivity index is 2.06. The first-order chi connectivity index (χ1) is 9.82. The van der Waals surface area contributed by atoms with Crippen molar-refractivity contribution in [2.75, 3.05) is 16.9 Å². The van der Waals surface area contributed by atoms with Crippen molar-refractivity contribution in [2.45, 2.75) is 43.0 Å². The van der Waals surface area contributed by atoms with Crippen LogP contribution in [0.4, 0.5) is 11.4 Å². The van der Waals surface area contributed by atoms with Gasteiger partial charge in [0.05, 0.1) is 16.3 Å². The number of fused-ring (bicyclic) bond motifs is 1. The van der Waals surface area contributed by atoms with Crippen LogP contribution in [0.2, 0.25) is 0 Å². The van der Waals surface area contributed by atoms with E-state index in [-0.39, 0.29) is 10.8 Å². The van der Waals surface area contributed by atoms with Gasteiger partial charge in [0.1, 0.15) is 5.54 Å². The number of nitrogens with one attached hydrogen (secondary N) is 2. The number of anilines is 2. The van der Waals surface area contributed by atoms with Crippen LogP contribution in [0, 0.1) is 5.92 Å². The molecular weight excluding hydrogens is 288 g/mol. The molecule has 0 saturated heterocycles. The summed E-state index contributed by atoms with van der Waals surface area (Å²) in [5.74, 6) is 0.370. The topological polar surface area (TPSA) is 75.3 Å². The van der Waals surface area contributed by atoms with E-state index < -0.39 is 15.4 Å². The molecule has 1 heterocycles. The van der Waals surface area contributed by atoms with Crippen molar-refractivity contribution in [1.29, 1.82) is 0 Å². The second kappa shape index (κ2) is 4.73. The van der Waals surface area contributed by atoms with Crippen molar-refractivity contribution in [3.63, 3.8) is 0 Å². The zero-order valence-electron chi connectivity index (χ0n) is 12.3. The molecule has 2 atom stereocenters. The summed E-state index contributed by atoms with van der Waals surface area (Å²) in [5.41, 5.74) is 0.487. The monoisotopic (exact) mass is 308 g/mol. The molecule has 1 amide bonds. The van der Waals surface area contributed by atoms with Gasteiger partial charge in [-0.1, -0.05) is 25.8 Å². The first kappa shape index (κ1) is 14.4. The number of sulfone groups is 1. The van der Waals surface area contributed by atoms with Crippen molar-refractivity contribution in [2.24, 2.45) is 5.92 Å². The van der Waals surface area contributed by atoms with Crippen LogP contribution < -0.4 is 10.6 Å². The van der Waals surface area contributed by atoms with Crippen molar-refractivity contribution in [3.05, 3.63) is 18.2 Å². The van der Waals surface area contributed by atoms with E-state index in [0.29, 0.717) is 17.3 Å². The van der Waals surface area contributed by atoms with Gasteiger partial charge in [0, 0.05) is 6.26 Å². The molecule has 0 bridgehead atoms. The predicted molar refractivity (Wildman–Crippen MR) is 82.2 cm³/mol. The number of rotatable bonds is 1. The summed E-state index contributed by atoms with van der Waals surface area (Å²) < 4.78 is 23.7. The number of hydrogen-bond acceptors (Lipinski definition) is 4. The molecule has 3 rings (SSSR count). The van der Waals surface area contributed by atoms with Crippen molar-refractivity contribution < 1.29 is 13.2 Å². The molecule has 0 aromatic heterocycles. The molecule has 1 fully saturated rings. The summed E-state index contributed by atoms with van der Waals surface area (Å²) in [6.45, 7) is 2.15. The molecule has 2 aliphatic rings. The molecule has 1 spiro atoms. The van der Waals surface area contributed by atoms with E-state index in [4.69, 9.17) is 0 Å². The van der Waals surface area contributed by atoms with E-state index in [1.165, 1.54) is 6.07 Å². The fourth-order valence-electron chi connectivity index (χ4n) is 3.49. The van der Waals surface area contributed by atoms with Gasteiger partial charge in [-0.2, -0.15) is 0 Å². The fraction of sp³-hybridized carbons (Fsp3) is 0.533. The number of para-hydroxylation sites is 1. The molecule has 2 unspecified atom stereocenters. The minimum atomic E-state index is -3.38. The molecule has 1 aliphatic heterocycles. The van der Waals surface area contributed by atoms with Crippen LogP contribution in [0.25, 0.3) is 0 Å². The molecule has 1 saturated carbocycles. The van der Waals surface area contributed by atoms with E-state index in [0.717, 1.165) is 31.9 Å². The van der Waals surface area contributed by atoms with E-state index in [9.17, 15) is 13.2 Å². The van der Waals surface area contributed by atoms with E-state index >= 15 is 0 Å². The average Bonchev–Trinajstić information content (AvgIpc) is 2.38. The van der Waals surface area contributed by atoms with Crippen LogP contribution in [0.5, 0.6) is 0 Å². The lowest BCUT2D eigenvalue weighted by Gasteiger charge is -2.43. The molecule has 0 radical (unpaired) electrons. The molecule has 114 valence electrons. The third-order valence-corrected chi connectivity index (χ3v) is 5.61. The molecule has 1 aromatic rings. The van der Waals surface area contributed by atoms with Crippen molar-refractivity contribution in [3.8, 4) is 0 Å². The van der Waals surface area contributed by atoms with Crippen molar-refractivity contribution >= 4 is 27.1 Å². The summed E-state index contributed by atoms with van der Waals surface area (Å²) in [5, 5.41) is 6.16. The third kappa shape index (κ3) is 2.41. The normalized spacial score (nSPS) is 28.7. The molecule has 1 aliphatic carbocycles. The Hall–Kier alpha value is -1.56. The van der Waals surface area contributed by atoms with Crippen LogP contribution >= 0.6 is 0 Å². The third-order valence-electron chi connectivity index (χ3n) is 4.47. The summed E-state index contributed by atoms with van der Waals surface area (Å²) in [7, 11) is -3.38. The highest BCUT2D eigenvalue weighted by molar-refractivity contribution is 7.90. The molecule has 1 aromatic carbocycles. The first-order valence-corrected chi connectivity index (χ1v) is 9.14. The zero-order valence-corrected chi connectivity index (χ0v) is 13.1. The highest BCUT2D eigenvalue weighted by Crippen LogP contribution is 2.42. The summed E-state index contributed by atoms with van der Waals surface area (Å²) in [6, 6.07) is 5.06. The number of benzene rings is 1. The Bertz CT molecular complexity index is 699. The smallest absolute Gasteiger partial charge is 0.250 e. The SMILES string of the molecule is CC1CCCC2(C1)Nc1cccc(S(C)(=O)=O)c1NC2=O. The second-order valence-electron chi connectivity index (χ2n) is 6.31. The minimum Gasteiger partial charge on any atom is -0.369 e. The lowest BCUT2D eigenvalue weighted by molar-refractivity contribution is -0.122. The highest BCUT2D eigenvalue weighted by atomic mass is 32.2. The van der Waals surface area contributed by atoms with Gasteiger partial charge in [-0.15, -0.1) is 0 Å². The Labute approximate surface area is 125 Å². The minimum absolute atomic E-state index is 0.113. The molecule has 6 heteroatoms. The average molecular weight is 308 g/mol. The number of carbonyl (C=O) groups excluding carboxylic acids is 1. The van der Waals surface area contributed by atoms with E-state index in [1.54, 1.807) is 6.07 Å². The maximum atomic E-state index is 12.6. The van der Waals surface area contributed by atoms with Gasteiger partial charge in [0.2, 0.25) is 5.91 Å². The molecule has 5 nitrogen and oxygen atoms in total. The Morgan fingerprint density at radius 1 is 1.33 bits per heavy atom. The number of amides is 1. The maximum absolute atomic E-state index is 12.6. The summed E-state index contributed by atoms with van der Waals surface area (Å²) in [6.07, 6.45) is 4.85. The van der Waals surface area contributed by atoms with Crippen LogP contribution in [0.3, 0.4) is 0 Å². The standard InChI is InChI=1S/C15H20N2O3S/c1-10-5-4-8-15(9-10)14(18)16-13-11(17-15)6-3-7-12(13)21(2,19)20/h3,6-7,10,17H,4-5,8-9H2,1-2H3,(H,16,18). The molecular formula is C15H20N2O3S. The molecule has 2 N–H and O–H groups in total. The van der Waals surface area contributed by atoms with E-state index in [2.05, 4.69) is 17.6 Å². The van der Waals surface area contributed by atoms with Gasteiger partial charge >= 0.3 is 0 Å². The largest absolute Gasteiger partial charge is 0.369 e. The summed E-state index contributed by atoms with van der Waals surface area (Å²) >= 11 is 0. The van der Waals surface area contributed by atoms with E-state index in [1.807, 2.05) is 6.07 Å². The Morgan fingerprint density at radius 2 is 2.10 bits per heavy atom. The van der Waals surface area contributed by atoms with Gasteiger partial charge in [0.15, 0.2) is 9.84 Å². The number of carbonyl (C=O) groups is 1. The molecule has 21 heavy (non-hydrogen) atoms. The van der Waals surface area contributed by atoms with Gasteiger partial charge in [-0.25, -0.2) is 8.42 Å². The van der Waals surface area contributed by atoms with Crippen molar-refractivity contribution in [1.82, 2.24) is 0 Å². The van der Waals surface area contributed by atoms with Gasteiger partial charge in [0.25, 0.3) is 0 Å². The van der Waals surface area contributed by atoms with Gasteiger partial charge in [-0.3, -0.25) is 4.79 Å². The van der Waals surface area contributed by atoms with Crippen LogP contribution in [0.1, 0.15) is 32.6 Å². The van der Waals surface area contributed by atoms with Crippen LogP contribution in [-0.4, -0.2) is 26.1 Å². The lowest BCUT2D eigenvalue weighted by atomic mass is 9.74. The first-order valence-electron chi connectivity index (χ1n) is 7.24. The quantitative estimate of drug-likeness (QED) is 0.835. The zero-order chi connectivity index (χ0) is 15.3. The van der Waals surface area contributed by atoms with Crippen LogP contribution in [0.15, 0.2) is 23.1 Å². The maximum Gasteiger partial charge on any atom is 0.250 e. The van der Waals surface area contributed by atoms with Gasteiger partial charge < -0.3 is 10.6 Å². The fourth-order valence-corrected chi connectivity index (χ4v) is 4.35. The van der Waals surface area contributed by atoms with Crippen LogP contribution in [-0.2, 0) is 14.6 Å². The van der Waals surface area contributed by atoms with Gasteiger partial charge in [-0.05, 0) is 30.9 Å². The lowest BCUT2D eigenvalue weighted by Crippen LogP contribution is -2.55. The summed E-state index contributed by atoms with van der Waals surface area (Å²) in [4.78, 5) is 12.8. The highest BCUT2D eigenvalue weighted by Gasteiger charge is 2.45. The Kier molecular flexibility index (Phi) is 3.24.